The minimum Gasteiger partial charge on any atom is -0.462 e. The van der Waals surface area contributed by atoms with Gasteiger partial charge in [0.05, 0.1) is 18.3 Å². The molecule has 0 heterocycles. The van der Waals surface area contributed by atoms with E-state index in [0.717, 1.165) is 167 Å². The first-order valence-corrected chi connectivity index (χ1v) is 27.7. The van der Waals surface area contributed by atoms with Crippen molar-refractivity contribution < 1.29 is 43.9 Å². The molecule has 0 aromatic rings. The van der Waals surface area contributed by atoms with Crippen molar-refractivity contribution in [3.8, 4) is 0 Å². The first-order chi connectivity index (χ1) is 32.2. The van der Waals surface area contributed by atoms with Crippen LogP contribution in [-0.4, -0.2) is 70.9 Å². The summed E-state index contributed by atoms with van der Waals surface area (Å²) in [7, 11) is 0. The highest BCUT2D eigenvalue weighted by atomic mass is 16.6. The Morgan fingerprint density at radius 1 is 0.364 bits per heavy atom. The molecule has 0 spiro atoms. The van der Waals surface area contributed by atoms with Gasteiger partial charge in [-0.05, 0) is 96.3 Å². The predicted octanol–water partition coefficient (Wildman–Crippen LogP) is 15.0. The Labute approximate surface area is 405 Å². The smallest absolute Gasteiger partial charge is 0.306 e. The van der Waals surface area contributed by atoms with Gasteiger partial charge in [0.25, 0.3) is 0 Å². The lowest BCUT2D eigenvalue weighted by molar-refractivity contribution is -0.167. The number of allylic oxidation sites excluding steroid dienone is 3. The zero-order chi connectivity index (χ0) is 48.4. The summed E-state index contributed by atoms with van der Waals surface area (Å²) in [5.74, 6) is -1.04. The van der Waals surface area contributed by atoms with Crippen molar-refractivity contribution >= 4 is 17.9 Å². The van der Waals surface area contributed by atoms with Crippen molar-refractivity contribution in [1.82, 2.24) is 0 Å². The molecule has 3 atom stereocenters. The fraction of sp³-hybridized carbons (Fsp3) is 0.842. The molecule has 9 heteroatoms. The molecule has 0 aliphatic rings. The van der Waals surface area contributed by atoms with Gasteiger partial charge in [-0.25, -0.2) is 0 Å². The van der Waals surface area contributed by atoms with Crippen molar-refractivity contribution in [2.75, 3.05) is 13.2 Å². The molecular formula is C57H104O9. The van der Waals surface area contributed by atoms with Crippen molar-refractivity contribution in [2.45, 2.75) is 296 Å². The molecule has 0 bridgehead atoms. The maximum atomic E-state index is 12.8. The minimum absolute atomic E-state index is 0.132. The molecular weight excluding hydrogens is 829 g/mol. The summed E-state index contributed by atoms with van der Waals surface area (Å²) in [5, 5.41) is 30.4. The van der Waals surface area contributed by atoms with E-state index in [0.29, 0.717) is 19.3 Å². The van der Waals surface area contributed by atoms with E-state index in [9.17, 15) is 29.7 Å². The number of ether oxygens (including phenoxy) is 3. The summed E-state index contributed by atoms with van der Waals surface area (Å²) < 4.78 is 16.7. The number of hydrogen-bond acceptors (Lipinski definition) is 9. The number of unbranched alkanes of at least 4 members (excludes halogenated alkanes) is 24. The van der Waals surface area contributed by atoms with Crippen molar-refractivity contribution in [3.05, 3.63) is 36.5 Å². The van der Waals surface area contributed by atoms with Crippen LogP contribution in [0.2, 0.25) is 0 Å². The third-order valence-corrected chi connectivity index (χ3v) is 12.3. The summed E-state index contributed by atoms with van der Waals surface area (Å²) >= 11 is 0. The quantitative estimate of drug-likeness (QED) is 0.0235. The molecule has 0 saturated carbocycles. The highest BCUT2D eigenvalue weighted by Crippen LogP contribution is 2.15. The maximum Gasteiger partial charge on any atom is 0.306 e. The first-order valence-electron chi connectivity index (χ1n) is 27.7. The average Bonchev–Trinajstić information content (AvgIpc) is 3.30. The third kappa shape index (κ3) is 48.0. The SMILES string of the molecule is CCCCCC[C@H](O)C/C=C/CCCCCCCC(=O)OCC(COC(=O)CCCCCCC/C=C/C[C@@H](O)CCCCCC)OC(=O)CCCCCCC/C=C/C[C@@H](O)CCCCCC. The van der Waals surface area contributed by atoms with Crippen LogP contribution in [-0.2, 0) is 28.6 Å². The maximum absolute atomic E-state index is 12.8. The number of esters is 3. The zero-order valence-corrected chi connectivity index (χ0v) is 43.1. The fourth-order valence-electron chi connectivity index (χ4n) is 7.95. The molecule has 0 aliphatic carbocycles. The second-order valence-corrected chi connectivity index (χ2v) is 19.0. The number of aliphatic hydroxyl groups is 3. The minimum atomic E-state index is -0.836. The topological polar surface area (TPSA) is 140 Å². The van der Waals surface area contributed by atoms with Gasteiger partial charge in [-0.3, -0.25) is 14.4 Å². The molecule has 0 aliphatic heterocycles. The Kier molecular flexibility index (Phi) is 48.5. The lowest BCUT2D eigenvalue weighted by Crippen LogP contribution is -2.30. The van der Waals surface area contributed by atoms with Crippen LogP contribution in [0.1, 0.15) is 271 Å². The summed E-state index contributed by atoms with van der Waals surface area (Å²) in [5.41, 5.74) is 0. The number of hydrogen-bond donors (Lipinski definition) is 3. The molecule has 0 rings (SSSR count). The summed E-state index contributed by atoms with van der Waals surface area (Å²) in [6, 6.07) is 0. The molecule has 0 aromatic heterocycles. The van der Waals surface area contributed by atoms with Crippen LogP contribution >= 0.6 is 0 Å². The molecule has 66 heavy (non-hydrogen) atoms. The van der Waals surface area contributed by atoms with Gasteiger partial charge in [0.1, 0.15) is 13.2 Å². The number of carbonyl (C=O) groups is 3. The Morgan fingerprint density at radius 2 is 0.652 bits per heavy atom. The summed E-state index contributed by atoms with van der Waals surface area (Å²) in [6.07, 6.45) is 48.9. The molecule has 0 aromatic carbocycles. The van der Waals surface area contributed by atoms with Gasteiger partial charge in [-0.1, -0.05) is 192 Å². The van der Waals surface area contributed by atoms with Crippen LogP contribution in [0.5, 0.6) is 0 Å². The Balaban J connectivity index is 4.51. The van der Waals surface area contributed by atoms with Crippen molar-refractivity contribution in [3.63, 3.8) is 0 Å². The van der Waals surface area contributed by atoms with E-state index < -0.39 is 6.10 Å². The van der Waals surface area contributed by atoms with Crippen LogP contribution in [0.4, 0.5) is 0 Å². The van der Waals surface area contributed by atoms with E-state index in [4.69, 9.17) is 14.2 Å². The van der Waals surface area contributed by atoms with Gasteiger partial charge in [0.15, 0.2) is 6.10 Å². The predicted molar refractivity (Wildman–Crippen MR) is 274 cm³/mol. The van der Waals surface area contributed by atoms with Crippen molar-refractivity contribution in [1.29, 1.82) is 0 Å². The normalized spacial score (nSPS) is 13.3. The van der Waals surface area contributed by atoms with E-state index in [2.05, 4.69) is 57.2 Å². The Morgan fingerprint density at radius 3 is 0.985 bits per heavy atom. The number of aliphatic hydroxyl groups excluding tert-OH is 3. The van der Waals surface area contributed by atoms with Gasteiger partial charge < -0.3 is 29.5 Å². The lowest BCUT2D eigenvalue weighted by Gasteiger charge is -2.18. The van der Waals surface area contributed by atoms with Crippen LogP contribution in [0.25, 0.3) is 0 Å². The zero-order valence-electron chi connectivity index (χ0n) is 43.1. The first kappa shape index (κ1) is 63.5. The van der Waals surface area contributed by atoms with E-state index in [1.807, 2.05) is 0 Å². The summed E-state index contributed by atoms with van der Waals surface area (Å²) in [4.78, 5) is 38.1. The molecule has 0 unspecified atom stereocenters. The fourth-order valence-corrected chi connectivity index (χ4v) is 7.95. The van der Waals surface area contributed by atoms with Gasteiger partial charge in [0.2, 0.25) is 0 Å². The van der Waals surface area contributed by atoms with Gasteiger partial charge >= 0.3 is 17.9 Å². The molecule has 0 radical (unpaired) electrons. The third-order valence-electron chi connectivity index (χ3n) is 12.3. The average molecular weight is 933 g/mol. The van der Waals surface area contributed by atoms with E-state index in [1.165, 1.54) is 57.8 Å². The Hall–Kier alpha value is -2.49. The monoisotopic (exact) mass is 933 g/mol. The standard InChI is InChI=1S/C57H104O9/c1-4-7-10-31-40-51(58)43-34-25-19-13-16-22-28-37-46-55(61)64-49-54(66-57(63)48-39-30-24-18-15-21-27-36-45-53(60)42-33-12-9-6-3)50-65-56(62)47-38-29-23-17-14-20-26-35-44-52(59)41-32-11-8-5-2/h25-27,34-36,51-54,58-60H,4-24,28-33,37-50H2,1-3H3/b34-25+,35-26+,36-27+/t51-,52-,53-/m0/s1. The molecule has 9 nitrogen and oxygen atoms in total. The second kappa shape index (κ2) is 50.4. The highest BCUT2D eigenvalue weighted by molar-refractivity contribution is 5.71. The van der Waals surface area contributed by atoms with E-state index >= 15 is 0 Å². The molecule has 386 valence electrons. The van der Waals surface area contributed by atoms with Gasteiger partial charge in [0, 0.05) is 19.3 Å². The molecule has 0 amide bonds. The number of carbonyl (C=O) groups excluding carboxylic acids is 3. The molecule has 0 saturated heterocycles. The second-order valence-electron chi connectivity index (χ2n) is 19.0. The van der Waals surface area contributed by atoms with Gasteiger partial charge in [-0.2, -0.15) is 0 Å². The molecule has 3 N–H and O–H groups in total. The summed E-state index contributed by atoms with van der Waals surface area (Å²) in [6.45, 7) is 6.33. The molecule has 0 fully saturated rings. The van der Waals surface area contributed by atoms with Crippen LogP contribution in [0, 0.1) is 0 Å². The lowest BCUT2D eigenvalue weighted by atomic mass is 10.1. The van der Waals surface area contributed by atoms with Gasteiger partial charge in [-0.15, -0.1) is 0 Å². The Bertz CT molecular complexity index is 1110. The number of rotatable bonds is 50. The largest absolute Gasteiger partial charge is 0.462 e. The highest BCUT2D eigenvalue weighted by Gasteiger charge is 2.19. The van der Waals surface area contributed by atoms with Crippen LogP contribution in [0.3, 0.4) is 0 Å². The van der Waals surface area contributed by atoms with Crippen LogP contribution in [0.15, 0.2) is 36.5 Å². The van der Waals surface area contributed by atoms with Crippen molar-refractivity contribution in [2.24, 2.45) is 0 Å². The van der Waals surface area contributed by atoms with Crippen LogP contribution < -0.4 is 0 Å². The van der Waals surface area contributed by atoms with E-state index in [1.54, 1.807) is 0 Å². The van der Waals surface area contributed by atoms with E-state index in [-0.39, 0.29) is 55.9 Å².